The first-order valence-corrected chi connectivity index (χ1v) is 8.99. The molecule has 1 amide bonds. The van der Waals surface area contributed by atoms with Crippen LogP contribution in [-0.4, -0.2) is 35.9 Å². The van der Waals surface area contributed by atoms with Crippen LogP contribution in [0.1, 0.15) is 24.0 Å². The number of carbonyl (C=O) groups excluding carboxylic acids is 1. The van der Waals surface area contributed by atoms with Gasteiger partial charge in [-0.1, -0.05) is 23.9 Å². The number of nitrogens with zero attached hydrogens (tertiary/aromatic N) is 1. The third kappa shape index (κ3) is 4.24. The number of nitrogens with one attached hydrogen (secondary N) is 1. The molecule has 23 heavy (non-hydrogen) atoms. The maximum Gasteiger partial charge on any atom is 0.230 e. The number of pyridine rings is 1. The van der Waals surface area contributed by atoms with Crippen molar-refractivity contribution >= 4 is 28.6 Å². The summed E-state index contributed by atoms with van der Waals surface area (Å²) in [7, 11) is 0. The Balaban J connectivity index is 1.59. The van der Waals surface area contributed by atoms with Crippen LogP contribution in [0.5, 0.6) is 0 Å². The maximum absolute atomic E-state index is 12.0. The molecule has 3 rings (SSSR count). The van der Waals surface area contributed by atoms with Crippen LogP contribution < -0.4 is 5.32 Å². The van der Waals surface area contributed by atoms with Crippen LogP contribution in [0.4, 0.5) is 0 Å². The third-order valence-electron chi connectivity index (χ3n) is 4.05. The monoisotopic (exact) mass is 330 g/mol. The number of thioether (sulfide) groups is 1. The summed E-state index contributed by atoms with van der Waals surface area (Å²) >= 11 is 1.48. The molecule has 1 saturated heterocycles. The average molecular weight is 330 g/mol. The van der Waals surface area contributed by atoms with Gasteiger partial charge in [0.25, 0.3) is 0 Å². The Morgan fingerprint density at radius 1 is 1.39 bits per heavy atom. The number of hydrogen-bond donors (Lipinski definition) is 1. The van der Waals surface area contributed by atoms with Crippen molar-refractivity contribution in [2.75, 3.05) is 18.9 Å². The minimum atomic E-state index is 0.0364. The van der Waals surface area contributed by atoms with Crippen LogP contribution in [0, 0.1) is 13.8 Å². The molecule has 1 atom stereocenters. The fraction of sp³-hybridized carbons (Fsp3) is 0.444. The lowest BCUT2D eigenvalue weighted by molar-refractivity contribution is -0.119. The maximum atomic E-state index is 12.0. The van der Waals surface area contributed by atoms with Crippen molar-refractivity contribution in [1.82, 2.24) is 10.3 Å². The first-order chi connectivity index (χ1) is 11.1. The number of aromatic nitrogens is 1. The number of rotatable bonds is 5. The van der Waals surface area contributed by atoms with E-state index < -0.39 is 0 Å². The summed E-state index contributed by atoms with van der Waals surface area (Å²) in [5, 5.41) is 5.01. The molecule has 1 unspecified atom stereocenters. The van der Waals surface area contributed by atoms with E-state index in [9.17, 15) is 4.79 Å². The van der Waals surface area contributed by atoms with Gasteiger partial charge in [0.15, 0.2) is 0 Å². The lowest BCUT2D eigenvalue weighted by atomic mass is 10.1. The minimum Gasteiger partial charge on any atom is -0.376 e. The van der Waals surface area contributed by atoms with E-state index in [4.69, 9.17) is 4.74 Å². The topological polar surface area (TPSA) is 51.2 Å². The standard InChI is InChI=1S/C18H22N2O2S/c1-12-5-6-15-13(2)9-18(20-16(15)8-12)23-11-17(21)19-10-14-4-3-7-22-14/h5-6,8-9,14H,3-4,7,10-11H2,1-2H3,(H,19,21). The van der Waals surface area contributed by atoms with Crippen LogP contribution >= 0.6 is 11.8 Å². The average Bonchev–Trinajstić information content (AvgIpc) is 3.04. The van der Waals surface area contributed by atoms with Crippen molar-refractivity contribution in [3.8, 4) is 0 Å². The summed E-state index contributed by atoms with van der Waals surface area (Å²) in [5.74, 6) is 0.422. The smallest absolute Gasteiger partial charge is 0.230 e. The number of fused-ring (bicyclic) bond motifs is 1. The van der Waals surface area contributed by atoms with E-state index in [0.717, 1.165) is 30.0 Å². The molecule has 1 N–H and O–H groups in total. The zero-order chi connectivity index (χ0) is 16.2. The van der Waals surface area contributed by atoms with E-state index in [-0.39, 0.29) is 12.0 Å². The first kappa shape index (κ1) is 16.3. The quantitative estimate of drug-likeness (QED) is 0.855. The van der Waals surface area contributed by atoms with Gasteiger partial charge < -0.3 is 10.1 Å². The van der Waals surface area contributed by atoms with E-state index in [1.807, 2.05) is 0 Å². The molecule has 0 spiro atoms. The molecular weight excluding hydrogens is 308 g/mol. The molecule has 1 aromatic carbocycles. The molecule has 2 aromatic rings. The molecule has 0 saturated carbocycles. The normalized spacial score (nSPS) is 17.6. The lowest BCUT2D eigenvalue weighted by Crippen LogP contribution is -2.32. The predicted octanol–water partition coefficient (Wildman–Crippen LogP) is 3.24. The van der Waals surface area contributed by atoms with Crippen LogP contribution in [0.2, 0.25) is 0 Å². The summed E-state index contributed by atoms with van der Waals surface area (Å²) in [4.78, 5) is 16.6. The molecule has 0 bridgehead atoms. The van der Waals surface area contributed by atoms with Gasteiger partial charge in [0, 0.05) is 18.5 Å². The summed E-state index contributed by atoms with van der Waals surface area (Å²) < 4.78 is 5.51. The van der Waals surface area contributed by atoms with Crippen LogP contribution in [0.15, 0.2) is 29.3 Å². The predicted molar refractivity (Wildman–Crippen MR) is 93.9 cm³/mol. The van der Waals surface area contributed by atoms with Gasteiger partial charge in [0.2, 0.25) is 5.91 Å². The van der Waals surface area contributed by atoms with Gasteiger partial charge in [-0.15, -0.1) is 0 Å². The molecule has 5 heteroatoms. The molecule has 4 nitrogen and oxygen atoms in total. The highest BCUT2D eigenvalue weighted by Crippen LogP contribution is 2.24. The molecule has 1 fully saturated rings. The van der Waals surface area contributed by atoms with E-state index in [1.54, 1.807) is 0 Å². The number of amides is 1. The number of benzene rings is 1. The van der Waals surface area contributed by atoms with Crippen molar-refractivity contribution in [3.63, 3.8) is 0 Å². The van der Waals surface area contributed by atoms with Crippen LogP contribution in [0.3, 0.4) is 0 Å². The second-order valence-corrected chi connectivity index (χ2v) is 7.02. The number of ether oxygens (including phenoxy) is 1. The highest BCUT2D eigenvalue weighted by atomic mass is 32.2. The Morgan fingerprint density at radius 3 is 3.04 bits per heavy atom. The second-order valence-electron chi connectivity index (χ2n) is 6.03. The molecule has 2 heterocycles. The zero-order valence-corrected chi connectivity index (χ0v) is 14.4. The molecule has 0 aliphatic carbocycles. The van der Waals surface area contributed by atoms with Gasteiger partial charge in [0.1, 0.15) is 0 Å². The summed E-state index contributed by atoms with van der Waals surface area (Å²) in [6.45, 7) is 5.58. The molecular formula is C18H22N2O2S. The summed E-state index contributed by atoms with van der Waals surface area (Å²) in [6, 6.07) is 8.34. The fourth-order valence-corrected chi connectivity index (χ4v) is 3.58. The Hall–Kier alpha value is -1.59. The number of hydrogen-bond acceptors (Lipinski definition) is 4. The molecule has 1 aromatic heterocycles. The lowest BCUT2D eigenvalue weighted by Gasteiger charge is -2.11. The van der Waals surface area contributed by atoms with Gasteiger partial charge in [-0.25, -0.2) is 4.98 Å². The Bertz CT molecular complexity index is 711. The number of carbonyl (C=O) groups is 1. The number of aryl methyl sites for hydroxylation is 2. The Morgan fingerprint density at radius 2 is 2.26 bits per heavy atom. The zero-order valence-electron chi connectivity index (χ0n) is 13.6. The largest absolute Gasteiger partial charge is 0.376 e. The Kier molecular flexibility index (Phi) is 5.18. The highest BCUT2D eigenvalue weighted by molar-refractivity contribution is 7.99. The summed E-state index contributed by atoms with van der Waals surface area (Å²) in [5.41, 5.74) is 3.38. The van der Waals surface area contributed by atoms with Crippen molar-refractivity contribution < 1.29 is 9.53 Å². The third-order valence-corrected chi connectivity index (χ3v) is 4.96. The van der Waals surface area contributed by atoms with Gasteiger partial charge >= 0.3 is 0 Å². The summed E-state index contributed by atoms with van der Waals surface area (Å²) in [6.07, 6.45) is 2.32. The van der Waals surface area contributed by atoms with Crippen molar-refractivity contribution in [3.05, 3.63) is 35.4 Å². The van der Waals surface area contributed by atoms with Gasteiger partial charge in [-0.05, 0) is 49.9 Å². The van der Waals surface area contributed by atoms with Gasteiger partial charge in [-0.3, -0.25) is 4.79 Å². The van der Waals surface area contributed by atoms with E-state index >= 15 is 0 Å². The van der Waals surface area contributed by atoms with Crippen molar-refractivity contribution in [2.45, 2.75) is 37.8 Å². The molecule has 122 valence electrons. The SMILES string of the molecule is Cc1ccc2c(C)cc(SCC(=O)NCC3CCCO3)nc2c1. The minimum absolute atomic E-state index is 0.0364. The van der Waals surface area contributed by atoms with Crippen LogP contribution in [-0.2, 0) is 9.53 Å². The van der Waals surface area contributed by atoms with Crippen molar-refractivity contribution in [2.24, 2.45) is 0 Å². The van der Waals surface area contributed by atoms with Gasteiger partial charge in [-0.2, -0.15) is 0 Å². The molecule has 0 radical (unpaired) electrons. The van der Waals surface area contributed by atoms with E-state index in [1.165, 1.54) is 28.3 Å². The molecule has 1 aliphatic rings. The van der Waals surface area contributed by atoms with E-state index in [0.29, 0.717) is 12.3 Å². The highest BCUT2D eigenvalue weighted by Gasteiger charge is 2.16. The first-order valence-electron chi connectivity index (χ1n) is 8.01. The Labute approximate surface area is 141 Å². The van der Waals surface area contributed by atoms with Crippen LogP contribution in [0.25, 0.3) is 10.9 Å². The molecule has 1 aliphatic heterocycles. The van der Waals surface area contributed by atoms with E-state index in [2.05, 4.69) is 48.4 Å². The van der Waals surface area contributed by atoms with Gasteiger partial charge in [0.05, 0.1) is 22.4 Å². The van der Waals surface area contributed by atoms with Crippen molar-refractivity contribution in [1.29, 1.82) is 0 Å². The fourth-order valence-electron chi connectivity index (χ4n) is 2.78. The second kappa shape index (κ2) is 7.32.